The lowest BCUT2D eigenvalue weighted by molar-refractivity contribution is -0.136. The molecule has 6 nitrogen and oxygen atoms in total. The minimum absolute atomic E-state index is 0.326. The SMILES string of the molecule is CCOc1ccccc1NC(=O)C(=O)NC[C@H]1CCCN1CC. The standard InChI is InChI=1S/C17H25N3O3/c1-3-20-11-7-8-13(20)12-18-16(21)17(22)19-14-9-5-6-10-15(14)23-4-2/h5-6,9-10,13H,3-4,7-8,11-12H2,1-2H3,(H,18,21)(H,19,22)/t13-/m1/s1. The second-order valence-corrected chi connectivity index (χ2v) is 5.52. The maximum absolute atomic E-state index is 12.0. The molecule has 0 radical (unpaired) electrons. The van der Waals surface area contributed by atoms with Crippen LogP contribution in [0.3, 0.4) is 0 Å². The predicted octanol–water partition coefficient (Wildman–Crippen LogP) is 1.62. The van der Waals surface area contributed by atoms with Gasteiger partial charge in [0.15, 0.2) is 0 Å². The first-order valence-corrected chi connectivity index (χ1v) is 8.20. The zero-order valence-corrected chi connectivity index (χ0v) is 13.8. The number of nitrogens with one attached hydrogen (secondary N) is 2. The van der Waals surface area contributed by atoms with E-state index < -0.39 is 11.8 Å². The van der Waals surface area contributed by atoms with Crippen LogP contribution in [0.2, 0.25) is 0 Å². The maximum atomic E-state index is 12.0. The number of carbonyl (C=O) groups is 2. The van der Waals surface area contributed by atoms with E-state index in [4.69, 9.17) is 4.74 Å². The summed E-state index contributed by atoms with van der Waals surface area (Å²) in [6, 6.07) is 7.40. The second-order valence-electron chi connectivity index (χ2n) is 5.52. The van der Waals surface area contributed by atoms with Crippen molar-refractivity contribution < 1.29 is 14.3 Å². The van der Waals surface area contributed by atoms with Crippen molar-refractivity contribution in [2.75, 3.05) is 31.6 Å². The molecule has 1 aliphatic heterocycles. The lowest BCUT2D eigenvalue weighted by Crippen LogP contribution is -2.43. The molecule has 126 valence electrons. The molecule has 1 aliphatic rings. The zero-order valence-electron chi connectivity index (χ0n) is 13.8. The molecule has 0 unspecified atom stereocenters. The normalized spacial score (nSPS) is 17.7. The van der Waals surface area contributed by atoms with Gasteiger partial charge in [0, 0.05) is 12.6 Å². The summed E-state index contributed by atoms with van der Waals surface area (Å²) < 4.78 is 5.43. The molecule has 0 saturated carbocycles. The number of likely N-dealkylation sites (tertiary alicyclic amines) is 1. The van der Waals surface area contributed by atoms with Crippen LogP contribution in [0.15, 0.2) is 24.3 Å². The Bertz CT molecular complexity index is 548. The molecule has 1 saturated heterocycles. The number of nitrogens with zero attached hydrogens (tertiary/aromatic N) is 1. The van der Waals surface area contributed by atoms with E-state index in [1.165, 1.54) is 0 Å². The van der Waals surface area contributed by atoms with Gasteiger partial charge < -0.3 is 15.4 Å². The van der Waals surface area contributed by atoms with Crippen LogP contribution in [0.25, 0.3) is 0 Å². The first-order valence-electron chi connectivity index (χ1n) is 8.20. The Balaban J connectivity index is 1.87. The zero-order chi connectivity index (χ0) is 16.7. The number of amides is 2. The number of rotatable bonds is 6. The maximum Gasteiger partial charge on any atom is 0.313 e. The smallest absolute Gasteiger partial charge is 0.313 e. The van der Waals surface area contributed by atoms with Crippen molar-refractivity contribution in [3.05, 3.63) is 24.3 Å². The minimum atomic E-state index is -0.668. The third-order valence-corrected chi connectivity index (χ3v) is 4.04. The van der Waals surface area contributed by atoms with E-state index in [0.29, 0.717) is 30.6 Å². The number of para-hydroxylation sites is 2. The van der Waals surface area contributed by atoms with Gasteiger partial charge in [0.2, 0.25) is 0 Å². The van der Waals surface area contributed by atoms with E-state index >= 15 is 0 Å². The lowest BCUT2D eigenvalue weighted by atomic mass is 10.2. The predicted molar refractivity (Wildman–Crippen MR) is 89.5 cm³/mol. The first kappa shape index (κ1) is 17.3. The van der Waals surface area contributed by atoms with Crippen molar-refractivity contribution in [3.63, 3.8) is 0 Å². The molecule has 0 spiro atoms. The molecule has 1 aromatic carbocycles. The molecular formula is C17H25N3O3. The molecule has 1 atom stereocenters. The fraction of sp³-hybridized carbons (Fsp3) is 0.529. The van der Waals surface area contributed by atoms with Crippen LogP contribution in [0.5, 0.6) is 5.75 Å². The van der Waals surface area contributed by atoms with Gasteiger partial charge in [-0.15, -0.1) is 0 Å². The molecule has 2 N–H and O–H groups in total. The number of likely N-dealkylation sites (N-methyl/N-ethyl adjacent to an activating group) is 1. The van der Waals surface area contributed by atoms with Crippen LogP contribution in [0, 0.1) is 0 Å². The van der Waals surface area contributed by atoms with E-state index in [2.05, 4.69) is 22.5 Å². The van der Waals surface area contributed by atoms with Gasteiger partial charge in [0.1, 0.15) is 5.75 Å². The molecule has 23 heavy (non-hydrogen) atoms. The van der Waals surface area contributed by atoms with Gasteiger partial charge in [0.25, 0.3) is 0 Å². The number of ether oxygens (including phenoxy) is 1. The van der Waals surface area contributed by atoms with Gasteiger partial charge in [0.05, 0.1) is 12.3 Å². The third kappa shape index (κ3) is 4.69. The Morgan fingerprint density at radius 1 is 1.26 bits per heavy atom. The average Bonchev–Trinajstić information content (AvgIpc) is 3.02. The Labute approximate surface area is 137 Å². The van der Waals surface area contributed by atoms with Crippen molar-refractivity contribution in [2.45, 2.75) is 32.7 Å². The van der Waals surface area contributed by atoms with Gasteiger partial charge in [-0.25, -0.2) is 0 Å². The summed E-state index contributed by atoms with van der Waals surface area (Å²) in [5, 5.41) is 5.33. The van der Waals surface area contributed by atoms with E-state index in [0.717, 1.165) is 25.9 Å². The topological polar surface area (TPSA) is 70.7 Å². The fourth-order valence-corrected chi connectivity index (χ4v) is 2.86. The van der Waals surface area contributed by atoms with Crippen molar-refractivity contribution in [3.8, 4) is 5.75 Å². The Kier molecular flexibility index (Phi) is 6.40. The van der Waals surface area contributed by atoms with Gasteiger partial charge in [-0.3, -0.25) is 14.5 Å². The summed E-state index contributed by atoms with van der Waals surface area (Å²) in [5.41, 5.74) is 0.505. The number of benzene rings is 1. The number of anilines is 1. The van der Waals surface area contributed by atoms with E-state index in [1.807, 2.05) is 13.0 Å². The summed E-state index contributed by atoms with van der Waals surface area (Å²) in [6.45, 7) is 7.00. The highest BCUT2D eigenvalue weighted by Crippen LogP contribution is 2.23. The highest BCUT2D eigenvalue weighted by molar-refractivity contribution is 6.39. The van der Waals surface area contributed by atoms with Gasteiger partial charge >= 0.3 is 11.8 Å². The largest absolute Gasteiger partial charge is 0.492 e. The summed E-state index contributed by atoms with van der Waals surface area (Å²) in [7, 11) is 0. The summed E-state index contributed by atoms with van der Waals surface area (Å²) in [5.74, 6) is -0.721. The quantitative estimate of drug-likeness (QED) is 0.782. The molecule has 6 heteroatoms. The van der Waals surface area contributed by atoms with Crippen LogP contribution in [-0.4, -0.2) is 49.0 Å². The van der Waals surface area contributed by atoms with Crippen molar-refractivity contribution in [2.24, 2.45) is 0 Å². The van der Waals surface area contributed by atoms with Gasteiger partial charge in [-0.1, -0.05) is 19.1 Å². The summed E-state index contributed by atoms with van der Waals surface area (Å²) in [4.78, 5) is 26.3. The lowest BCUT2D eigenvalue weighted by Gasteiger charge is -2.22. The van der Waals surface area contributed by atoms with E-state index in [9.17, 15) is 9.59 Å². The van der Waals surface area contributed by atoms with E-state index in [1.54, 1.807) is 18.2 Å². The third-order valence-electron chi connectivity index (χ3n) is 4.04. The van der Waals surface area contributed by atoms with Crippen LogP contribution in [0.1, 0.15) is 26.7 Å². The van der Waals surface area contributed by atoms with Crippen molar-refractivity contribution in [1.82, 2.24) is 10.2 Å². The van der Waals surface area contributed by atoms with Crippen molar-refractivity contribution in [1.29, 1.82) is 0 Å². The second kappa shape index (κ2) is 8.53. The summed E-state index contributed by atoms with van der Waals surface area (Å²) in [6.07, 6.45) is 2.20. The highest BCUT2D eigenvalue weighted by atomic mass is 16.5. The van der Waals surface area contributed by atoms with Crippen LogP contribution in [-0.2, 0) is 9.59 Å². The monoisotopic (exact) mass is 319 g/mol. The molecule has 0 aromatic heterocycles. The summed E-state index contributed by atoms with van der Waals surface area (Å²) >= 11 is 0. The minimum Gasteiger partial charge on any atom is -0.492 e. The molecule has 0 aliphatic carbocycles. The van der Waals surface area contributed by atoms with Gasteiger partial charge in [-0.05, 0) is 45.0 Å². The van der Waals surface area contributed by atoms with Crippen LogP contribution >= 0.6 is 0 Å². The Hall–Kier alpha value is -2.08. The van der Waals surface area contributed by atoms with Crippen molar-refractivity contribution >= 4 is 17.5 Å². The van der Waals surface area contributed by atoms with E-state index in [-0.39, 0.29) is 0 Å². The first-order chi connectivity index (χ1) is 11.2. The number of hydrogen-bond donors (Lipinski definition) is 2. The Morgan fingerprint density at radius 3 is 2.78 bits per heavy atom. The molecule has 1 fully saturated rings. The van der Waals surface area contributed by atoms with Crippen LogP contribution in [0.4, 0.5) is 5.69 Å². The highest BCUT2D eigenvalue weighted by Gasteiger charge is 2.24. The molecule has 2 amide bonds. The molecule has 0 bridgehead atoms. The molecule has 1 aromatic rings. The van der Waals surface area contributed by atoms with Crippen LogP contribution < -0.4 is 15.4 Å². The number of hydrogen-bond acceptors (Lipinski definition) is 4. The molecule has 2 rings (SSSR count). The number of carbonyl (C=O) groups excluding carboxylic acids is 2. The fourth-order valence-electron chi connectivity index (χ4n) is 2.86. The Morgan fingerprint density at radius 2 is 2.04 bits per heavy atom. The van der Waals surface area contributed by atoms with Gasteiger partial charge in [-0.2, -0.15) is 0 Å². The molecule has 1 heterocycles. The molecular weight excluding hydrogens is 294 g/mol. The average molecular weight is 319 g/mol.